The number of para-hydroxylation sites is 1. The highest BCUT2D eigenvalue weighted by Crippen LogP contribution is 2.32. The Kier molecular flexibility index (Phi) is 2.71. The Morgan fingerprint density at radius 3 is 2.38 bits per heavy atom. The summed E-state index contributed by atoms with van der Waals surface area (Å²) in [6.45, 7) is 3.36. The van der Waals surface area contributed by atoms with Crippen LogP contribution in [0.25, 0.3) is 0 Å². The van der Waals surface area contributed by atoms with Crippen LogP contribution in [0.4, 0.5) is 13.2 Å². The first kappa shape index (κ1) is 10.2. The van der Waals surface area contributed by atoms with Gasteiger partial charge in [0.25, 0.3) is 0 Å². The summed E-state index contributed by atoms with van der Waals surface area (Å²) in [5.41, 5.74) is 0.102. The minimum Gasteiger partial charge on any atom is -0.404 e. The van der Waals surface area contributed by atoms with Crippen molar-refractivity contribution < 1.29 is 17.9 Å². The van der Waals surface area contributed by atoms with Crippen molar-refractivity contribution in [1.82, 2.24) is 0 Å². The van der Waals surface area contributed by atoms with E-state index in [1.807, 2.05) is 0 Å². The van der Waals surface area contributed by atoms with Gasteiger partial charge in [-0.1, -0.05) is 23.7 Å². The summed E-state index contributed by atoms with van der Waals surface area (Å²) in [7, 11) is 0. The molecule has 0 spiro atoms. The fourth-order valence-electron chi connectivity index (χ4n) is 0.784. The summed E-state index contributed by atoms with van der Waals surface area (Å²) >= 11 is 5.47. The van der Waals surface area contributed by atoms with Crippen LogP contribution >= 0.6 is 11.6 Å². The fourth-order valence-corrected chi connectivity index (χ4v) is 1.02. The predicted octanol–water partition coefficient (Wildman–Crippen LogP) is 3.42. The third-order valence-electron chi connectivity index (χ3n) is 1.27. The van der Waals surface area contributed by atoms with Gasteiger partial charge in [-0.15, -0.1) is 13.2 Å². The maximum atomic E-state index is 11.8. The largest absolute Gasteiger partial charge is 0.573 e. The van der Waals surface area contributed by atoms with Gasteiger partial charge in [0.2, 0.25) is 0 Å². The topological polar surface area (TPSA) is 9.23 Å². The van der Waals surface area contributed by atoms with Gasteiger partial charge in [0.15, 0.2) is 5.75 Å². The molecule has 0 N–H and O–H groups in total. The molecule has 0 bridgehead atoms. The van der Waals surface area contributed by atoms with E-state index in [9.17, 15) is 13.2 Å². The van der Waals surface area contributed by atoms with Crippen molar-refractivity contribution in [3.8, 4) is 5.75 Å². The average Bonchev–Trinajstić information content (AvgIpc) is 1.95. The summed E-state index contributed by atoms with van der Waals surface area (Å²) in [4.78, 5) is 0. The molecule has 5 heteroatoms. The lowest BCUT2D eigenvalue weighted by atomic mass is 10.2. The Morgan fingerprint density at radius 2 is 1.92 bits per heavy atom. The zero-order valence-corrected chi connectivity index (χ0v) is 7.12. The molecule has 0 heterocycles. The first-order valence-electron chi connectivity index (χ1n) is 3.26. The fraction of sp³-hybridized carbons (Fsp3) is 0.125. The second-order valence-corrected chi connectivity index (χ2v) is 2.68. The zero-order chi connectivity index (χ0) is 10.1. The molecular formula is C8H5ClF3O. The van der Waals surface area contributed by atoms with Crippen LogP contribution in [0.5, 0.6) is 5.75 Å². The first-order valence-corrected chi connectivity index (χ1v) is 3.64. The van der Waals surface area contributed by atoms with Gasteiger partial charge in [-0.3, -0.25) is 0 Å². The summed E-state index contributed by atoms with van der Waals surface area (Å²) in [6.07, 6.45) is -4.74. The van der Waals surface area contributed by atoms with E-state index in [-0.39, 0.29) is 10.6 Å². The van der Waals surface area contributed by atoms with E-state index in [1.165, 1.54) is 18.2 Å². The smallest absolute Gasteiger partial charge is 0.404 e. The Bertz CT molecular complexity index is 288. The number of ether oxygens (including phenoxy) is 1. The lowest BCUT2D eigenvalue weighted by molar-refractivity contribution is -0.274. The first-order chi connectivity index (χ1) is 5.90. The number of hydrogen-bond acceptors (Lipinski definition) is 1. The van der Waals surface area contributed by atoms with Crippen molar-refractivity contribution in [2.75, 3.05) is 0 Å². The molecule has 0 amide bonds. The van der Waals surface area contributed by atoms with E-state index in [4.69, 9.17) is 11.6 Å². The van der Waals surface area contributed by atoms with E-state index in [2.05, 4.69) is 11.7 Å². The van der Waals surface area contributed by atoms with Crippen molar-refractivity contribution in [2.45, 2.75) is 6.36 Å². The Labute approximate surface area is 78.1 Å². The maximum absolute atomic E-state index is 11.8. The molecule has 1 aromatic rings. The van der Waals surface area contributed by atoms with Crippen LogP contribution in [-0.4, -0.2) is 6.36 Å². The summed E-state index contributed by atoms with van der Waals surface area (Å²) in [6, 6.07) is 4.18. The summed E-state index contributed by atoms with van der Waals surface area (Å²) in [5, 5.41) is -0.107. The molecule has 1 aromatic carbocycles. The van der Waals surface area contributed by atoms with Crippen LogP contribution in [0.1, 0.15) is 5.56 Å². The second kappa shape index (κ2) is 3.46. The standard InChI is InChI=1S/C8H5ClF3O/c1-5-3-2-4-6(9)7(5)13-8(10,11)12/h2-4H,1H2. The molecule has 1 rings (SSSR count). The number of hydrogen-bond donors (Lipinski definition) is 0. The van der Waals surface area contributed by atoms with Crippen LogP contribution < -0.4 is 4.74 Å². The maximum Gasteiger partial charge on any atom is 0.573 e. The van der Waals surface area contributed by atoms with Crippen LogP contribution in [-0.2, 0) is 0 Å². The molecule has 13 heavy (non-hydrogen) atoms. The molecule has 1 radical (unpaired) electrons. The predicted molar refractivity (Wildman–Crippen MR) is 42.6 cm³/mol. The van der Waals surface area contributed by atoms with E-state index in [1.54, 1.807) is 0 Å². The molecule has 0 atom stereocenters. The minimum atomic E-state index is -4.74. The van der Waals surface area contributed by atoms with Crippen molar-refractivity contribution in [2.24, 2.45) is 0 Å². The van der Waals surface area contributed by atoms with Gasteiger partial charge in [-0.25, -0.2) is 0 Å². The summed E-state index contributed by atoms with van der Waals surface area (Å²) < 4.78 is 39.0. The normalized spacial score (nSPS) is 11.5. The van der Waals surface area contributed by atoms with Crippen LogP contribution in [0, 0.1) is 6.92 Å². The second-order valence-electron chi connectivity index (χ2n) is 2.28. The van der Waals surface area contributed by atoms with Gasteiger partial charge in [-0.2, -0.15) is 0 Å². The van der Waals surface area contributed by atoms with Crippen molar-refractivity contribution in [1.29, 1.82) is 0 Å². The molecule has 0 saturated carbocycles. The van der Waals surface area contributed by atoms with Gasteiger partial charge in [0.05, 0.1) is 5.02 Å². The highest BCUT2D eigenvalue weighted by Gasteiger charge is 2.32. The Hall–Kier alpha value is -0.900. The van der Waals surface area contributed by atoms with Gasteiger partial charge >= 0.3 is 6.36 Å². The number of rotatable bonds is 1. The molecule has 0 aliphatic carbocycles. The summed E-state index contributed by atoms with van der Waals surface area (Å²) in [5.74, 6) is -0.448. The molecule has 0 aliphatic rings. The monoisotopic (exact) mass is 209 g/mol. The number of benzene rings is 1. The van der Waals surface area contributed by atoms with Gasteiger partial charge < -0.3 is 4.74 Å². The van der Waals surface area contributed by atoms with Crippen molar-refractivity contribution in [3.05, 3.63) is 35.7 Å². The van der Waals surface area contributed by atoms with Crippen LogP contribution in [0.15, 0.2) is 18.2 Å². The van der Waals surface area contributed by atoms with Crippen molar-refractivity contribution in [3.63, 3.8) is 0 Å². The highest BCUT2D eigenvalue weighted by atomic mass is 35.5. The molecule has 0 aliphatic heterocycles. The highest BCUT2D eigenvalue weighted by molar-refractivity contribution is 6.32. The zero-order valence-electron chi connectivity index (χ0n) is 6.36. The third kappa shape index (κ3) is 2.81. The molecule has 0 unspecified atom stereocenters. The van der Waals surface area contributed by atoms with Gasteiger partial charge in [-0.05, 0) is 18.6 Å². The molecular weight excluding hydrogens is 205 g/mol. The molecule has 1 nitrogen and oxygen atoms in total. The van der Waals surface area contributed by atoms with E-state index in [0.717, 1.165) is 0 Å². The van der Waals surface area contributed by atoms with Gasteiger partial charge in [0, 0.05) is 0 Å². The number of alkyl halides is 3. The molecule has 71 valence electrons. The van der Waals surface area contributed by atoms with Crippen LogP contribution in [0.2, 0.25) is 5.02 Å². The van der Waals surface area contributed by atoms with E-state index in [0.29, 0.717) is 0 Å². The molecule has 0 fully saturated rings. The van der Waals surface area contributed by atoms with E-state index < -0.39 is 12.1 Å². The minimum absolute atomic E-state index is 0.102. The van der Waals surface area contributed by atoms with Gasteiger partial charge in [0.1, 0.15) is 0 Å². The SMILES string of the molecule is [CH2]c1cccc(Cl)c1OC(F)(F)F. The van der Waals surface area contributed by atoms with Crippen molar-refractivity contribution >= 4 is 11.6 Å². The Balaban J connectivity index is 3.00. The lowest BCUT2D eigenvalue weighted by Crippen LogP contribution is -2.18. The average molecular weight is 210 g/mol. The molecule has 0 aromatic heterocycles. The lowest BCUT2D eigenvalue weighted by Gasteiger charge is -2.12. The molecule has 0 saturated heterocycles. The quantitative estimate of drug-likeness (QED) is 0.689. The number of halogens is 4. The van der Waals surface area contributed by atoms with E-state index >= 15 is 0 Å². The third-order valence-corrected chi connectivity index (χ3v) is 1.56. The van der Waals surface area contributed by atoms with Crippen LogP contribution in [0.3, 0.4) is 0 Å². The Morgan fingerprint density at radius 1 is 1.31 bits per heavy atom.